The van der Waals surface area contributed by atoms with Crippen molar-refractivity contribution in [1.82, 2.24) is 5.32 Å². The molecule has 6 rings (SSSR count). The van der Waals surface area contributed by atoms with Gasteiger partial charge in [-0.3, -0.25) is 19.7 Å². The Labute approximate surface area is 211 Å². The van der Waals surface area contributed by atoms with Crippen molar-refractivity contribution in [3.05, 3.63) is 76.5 Å². The lowest BCUT2D eigenvalue weighted by atomic mass is 9.76. The standard InChI is InChI=1S/C27H24N2O6S/c1-33-26(32)27(15-16-6-3-2-4-7-16)22-21(23(28-27)20-8-5-13-36-20)24(30)29(25(22)31)17-9-10-18-19(14-17)35-12-11-34-18/h2-10,13-14,21-23,28H,11-12,15H2,1H3. The topological polar surface area (TPSA) is 94.2 Å². The Bertz CT molecular complexity index is 1330. The third-order valence-electron chi connectivity index (χ3n) is 7.16. The highest BCUT2D eigenvalue weighted by Crippen LogP contribution is 2.52. The number of benzene rings is 2. The van der Waals surface area contributed by atoms with Crippen molar-refractivity contribution in [3.8, 4) is 11.5 Å². The average Bonchev–Trinajstić information content (AvgIpc) is 3.61. The largest absolute Gasteiger partial charge is 0.486 e. The molecule has 4 unspecified atom stereocenters. The fourth-order valence-corrected chi connectivity index (χ4v) is 6.49. The first-order valence-electron chi connectivity index (χ1n) is 11.7. The Kier molecular flexibility index (Phi) is 5.54. The molecule has 9 heteroatoms. The number of anilines is 1. The van der Waals surface area contributed by atoms with Gasteiger partial charge in [0.2, 0.25) is 11.8 Å². The molecular weight excluding hydrogens is 480 g/mol. The van der Waals surface area contributed by atoms with Gasteiger partial charge in [-0.25, -0.2) is 4.90 Å². The second kappa shape index (κ2) is 8.76. The van der Waals surface area contributed by atoms with Crippen LogP contribution in [0.1, 0.15) is 16.5 Å². The highest BCUT2D eigenvalue weighted by Gasteiger charge is 2.69. The van der Waals surface area contributed by atoms with E-state index in [2.05, 4.69) is 5.32 Å². The van der Waals surface area contributed by atoms with Crippen LogP contribution in [0.25, 0.3) is 0 Å². The van der Waals surface area contributed by atoms with Crippen LogP contribution >= 0.6 is 11.3 Å². The van der Waals surface area contributed by atoms with Crippen LogP contribution < -0.4 is 19.7 Å². The molecule has 0 saturated carbocycles. The number of imide groups is 1. The van der Waals surface area contributed by atoms with Crippen molar-refractivity contribution in [2.45, 2.75) is 18.0 Å². The summed E-state index contributed by atoms with van der Waals surface area (Å²) in [5.74, 6) is -2.03. The predicted molar refractivity (Wildman–Crippen MR) is 132 cm³/mol. The van der Waals surface area contributed by atoms with Crippen LogP contribution in [0.3, 0.4) is 0 Å². The zero-order valence-corrected chi connectivity index (χ0v) is 20.3. The molecule has 36 heavy (non-hydrogen) atoms. The monoisotopic (exact) mass is 504 g/mol. The predicted octanol–water partition coefficient (Wildman–Crippen LogP) is 3.12. The number of hydrogen-bond acceptors (Lipinski definition) is 8. The number of thiophene rings is 1. The maximum atomic E-state index is 14.1. The minimum atomic E-state index is -1.41. The number of carbonyl (C=O) groups excluding carboxylic acids is 3. The third kappa shape index (κ3) is 3.42. The lowest BCUT2D eigenvalue weighted by Crippen LogP contribution is -2.57. The van der Waals surface area contributed by atoms with E-state index < -0.39 is 35.3 Å². The van der Waals surface area contributed by atoms with Gasteiger partial charge in [0.1, 0.15) is 18.8 Å². The molecule has 2 aromatic carbocycles. The normalized spacial score (nSPS) is 26.7. The van der Waals surface area contributed by atoms with E-state index in [1.165, 1.54) is 23.3 Å². The summed E-state index contributed by atoms with van der Waals surface area (Å²) in [7, 11) is 1.31. The molecule has 2 saturated heterocycles. The molecule has 3 aromatic rings. The number of fused-ring (bicyclic) bond motifs is 2. The smallest absolute Gasteiger partial charge is 0.327 e. The lowest BCUT2D eigenvalue weighted by Gasteiger charge is -2.32. The number of rotatable bonds is 5. The molecule has 8 nitrogen and oxygen atoms in total. The highest BCUT2D eigenvalue weighted by molar-refractivity contribution is 7.10. The first-order chi connectivity index (χ1) is 17.5. The Morgan fingerprint density at radius 3 is 2.56 bits per heavy atom. The highest BCUT2D eigenvalue weighted by atomic mass is 32.1. The molecule has 2 amide bonds. The molecule has 0 bridgehead atoms. The van der Waals surface area contributed by atoms with E-state index in [0.717, 1.165) is 10.4 Å². The molecule has 1 aromatic heterocycles. The number of esters is 1. The minimum Gasteiger partial charge on any atom is -0.486 e. The van der Waals surface area contributed by atoms with Crippen molar-refractivity contribution in [2.24, 2.45) is 11.8 Å². The van der Waals surface area contributed by atoms with Gasteiger partial charge in [-0.1, -0.05) is 36.4 Å². The summed E-state index contributed by atoms with van der Waals surface area (Å²) in [4.78, 5) is 43.6. The van der Waals surface area contributed by atoms with Gasteiger partial charge >= 0.3 is 5.97 Å². The summed E-state index contributed by atoms with van der Waals surface area (Å²) in [5.41, 5.74) is -0.156. The molecule has 3 aliphatic heterocycles. The fraction of sp³-hybridized carbons (Fsp3) is 0.296. The van der Waals surface area contributed by atoms with E-state index in [9.17, 15) is 14.4 Å². The molecular formula is C27H24N2O6S. The van der Waals surface area contributed by atoms with E-state index in [0.29, 0.717) is 30.4 Å². The second-order valence-electron chi connectivity index (χ2n) is 9.11. The van der Waals surface area contributed by atoms with Gasteiger partial charge < -0.3 is 14.2 Å². The van der Waals surface area contributed by atoms with Gasteiger partial charge in [-0.05, 0) is 29.1 Å². The van der Waals surface area contributed by atoms with Crippen LogP contribution in [0.2, 0.25) is 0 Å². The van der Waals surface area contributed by atoms with Crippen LogP contribution in [0.4, 0.5) is 5.69 Å². The van der Waals surface area contributed by atoms with E-state index in [1.54, 1.807) is 18.2 Å². The van der Waals surface area contributed by atoms with Crippen molar-refractivity contribution >= 4 is 34.8 Å². The van der Waals surface area contributed by atoms with Gasteiger partial charge in [0, 0.05) is 17.4 Å². The van der Waals surface area contributed by atoms with Crippen LogP contribution in [-0.2, 0) is 25.5 Å². The summed E-state index contributed by atoms with van der Waals surface area (Å²) in [6, 6.07) is 17.8. The molecule has 0 spiro atoms. The maximum Gasteiger partial charge on any atom is 0.327 e. The molecule has 0 radical (unpaired) electrons. The average molecular weight is 505 g/mol. The van der Waals surface area contributed by atoms with Crippen molar-refractivity contribution < 1.29 is 28.6 Å². The van der Waals surface area contributed by atoms with E-state index in [1.807, 2.05) is 47.8 Å². The zero-order chi connectivity index (χ0) is 24.9. The number of ether oxygens (including phenoxy) is 3. The van der Waals surface area contributed by atoms with E-state index in [4.69, 9.17) is 14.2 Å². The summed E-state index contributed by atoms with van der Waals surface area (Å²) in [6.07, 6.45) is 0.206. The summed E-state index contributed by atoms with van der Waals surface area (Å²) < 4.78 is 16.5. The Balaban J connectivity index is 1.47. The van der Waals surface area contributed by atoms with Gasteiger partial charge in [-0.2, -0.15) is 0 Å². The molecule has 3 aliphatic rings. The van der Waals surface area contributed by atoms with Crippen molar-refractivity contribution in [1.29, 1.82) is 0 Å². The third-order valence-corrected chi connectivity index (χ3v) is 8.12. The van der Waals surface area contributed by atoms with Gasteiger partial charge in [0.05, 0.1) is 30.7 Å². The minimum absolute atomic E-state index is 0.206. The van der Waals surface area contributed by atoms with Crippen LogP contribution in [-0.4, -0.2) is 43.6 Å². The summed E-state index contributed by atoms with van der Waals surface area (Å²) >= 11 is 1.48. The van der Waals surface area contributed by atoms with Gasteiger partial charge in [0.15, 0.2) is 11.5 Å². The molecule has 4 atom stereocenters. The first kappa shape index (κ1) is 22.8. The van der Waals surface area contributed by atoms with Gasteiger partial charge in [0.25, 0.3) is 0 Å². The van der Waals surface area contributed by atoms with Crippen LogP contribution in [0, 0.1) is 11.8 Å². The second-order valence-corrected chi connectivity index (χ2v) is 10.1. The summed E-state index contributed by atoms with van der Waals surface area (Å²) in [6.45, 7) is 0.823. The molecule has 2 fully saturated rings. The Morgan fingerprint density at radius 1 is 1.06 bits per heavy atom. The van der Waals surface area contributed by atoms with Crippen LogP contribution in [0.15, 0.2) is 66.0 Å². The zero-order valence-electron chi connectivity index (χ0n) is 19.5. The molecule has 184 valence electrons. The number of carbonyl (C=O) groups is 3. The lowest BCUT2D eigenvalue weighted by molar-refractivity contribution is -0.152. The SMILES string of the molecule is COC(=O)C1(Cc2ccccc2)NC(c2cccs2)C2C(=O)N(c3ccc4c(c3)OCCO4)C(=O)C21. The Hall–Kier alpha value is -3.69. The van der Waals surface area contributed by atoms with E-state index in [-0.39, 0.29) is 12.3 Å². The van der Waals surface area contributed by atoms with Crippen LogP contribution in [0.5, 0.6) is 11.5 Å². The quantitative estimate of drug-likeness (QED) is 0.422. The number of nitrogens with one attached hydrogen (secondary N) is 1. The maximum absolute atomic E-state index is 14.1. The fourth-order valence-electron chi connectivity index (χ4n) is 5.66. The molecule has 4 heterocycles. The summed E-state index contributed by atoms with van der Waals surface area (Å²) in [5, 5.41) is 5.33. The number of amides is 2. The number of nitrogens with zero attached hydrogens (tertiary/aromatic N) is 1. The molecule has 1 N–H and O–H groups in total. The van der Waals surface area contributed by atoms with Gasteiger partial charge in [-0.15, -0.1) is 11.3 Å². The molecule has 0 aliphatic carbocycles. The van der Waals surface area contributed by atoms with Crippen molar-refractivity contribution in [3.63, 3.8) is 0 Å². The van der Waals surface area contributed by atoms with E-state index >= 15 is 0 Å². The van der Waals surface area contributed by atoms with Crippen molar-refractivity contribution in [2.75, 3.05) is 25.2 Å². The first-order valence-corrected chi connectivity index (χ1v) is 12.6. The number of hydrogen-bond donors (Lipinski definition) is 1. The number of methoxy groups -OCH3 is 1. The Morgan fingerprint density at radius 2 is 1.83 bits per heavy atom.